The Hall–Kier alpha value is -6.90. The van der Waals surface area contributed by atoms with Gasteiger partial charge in [0.05, 0.1) is 22.2 Å². The number of fused-ring (bicyclic) bond motifs is 13. The van der Waals surface area contributed by atoms with E-state index in [1.165, 1.54) is 66.8 Å². The van der Waals surface area contributed by atoms with Gasteiger partial charge < -0.3 is 10.6 Å². The number of benzene rings is 7. The molecule has 0 aromatic heterocycles. The molecule has 1 unspecified atom stereocenters. The van der Waals surface area contributed by atoms with E-state index in [9.17, 15) is 0 Å². The Kier molecular flexibility index (Phi) is 7.90. The standard InChI is InChI=1S/C54H42N2/c1-3-5-28-43-39(4-2)40-25-12-15-29-44(40)53(43)47-32-18-19-33-48(47)54(45-30-16-13-26-41(45)42-27-14-17-31-46(42)54)52-49(53)34-20-35-51(52)56(38-23-10-7-11-24-38)36-50(55)37-21-8-6-9-22-37/h3,5-36H,1,4,55H2,2H3/b28-5-,50-36-. The summed E-state index contributed by atoms with van der Waals surface area (Å²) in [6.45, 7) is 6.43. The summed E-state index contributed by atoms with van der Waals surface area (Å²) in [5, 5.41) is 0. The number of nitrogens with two attached hydrogens (primary N) is 1. The van der Waals surface area contributed by atoms with E-state index in [0.717, 1.165) is 23.4 Å². The molecule has 3 aliphatic carbocycles. The van der Waals surface area contributed by atoms with Crippen LogP contribution in [0.2, 0.25) is 0 Å². The van der Waals surface area contributed by atoms with Crippen LogP contribution in [0.15, 0.2) is 213 Å². The highest BCUT2D eigenvalue weighted by Crippen LogP contribution is 2.68. The molecule has 3 aliphatic rings. The highest BCUT2D eigenvalue weighted by molar-refractivity contribution is 5.96. The highest BCUT2D eigenvalue weighted by Gasteiger charge is 2.60. The van der Waals surface area contributed by atoms with Gasteiger partial charge in [0, 0.05) is 17.5 Å². The van der Waals surface area contributed by atoms with Crippen molar-refractivity contribution in [1.82, 2.24) is 0 Å². The second-order valence-corrected chi connectivity index (χ2v) is 14.9. The highest BCUT2D eigenvalue weighted by atomic mass is 15.1. The maximum atomic E-state index is 7.11. The van der Waals surface area contributed by atoms with Gasteiger partial charge in [0.2, 0.25) is 0 Å². The third-order valence-electron chi connectivity index (χ3n) is 12.3. The van der Waals surface area contributed by atoms with E-state index < -0.39 is 10.8 Å². The molecule has 2 nitrogen and oxygen atoms in total. The normalized spacial score (nSPS) is 17.1. The quantitative estimate of drug-likeness (QED) is 0.166. The third kappa shape index (κ3) is 4.50. The molecule has 2 N–H and O–H groups in total. The van der Waals surface area contributed by atoms with Crippen molar-refractivity contribution in [3.05, 3.63) is 263 Å². The average molecular weight is 719 g/mol. The molecule has 0 fully saturated rings. The summed E-state index contributed by atoms with van der Waals surface area (Å²) in [5.41, 5.74) is 25.1. The minimum Gasteiger partial charge on any atom is -0.397 e. The zero-order valence-electron chi connectivity index (χ0n) is 31.5. The molecule has 2 heteroatoms. The summed E-state index contributed by atoms with van der Waals surface area (Å²) in [4.78, 5) is 2.33. The molecular formula is C54H42N2. The van der Waals surface area contributed by atoms with Crippen LogP contribution < -0.4 is 10.6 Å². The number of rotatable bonds is 7. The fourth-order valence-electron chi connectivity index (χ4n) is 10.3. The predicted octanol–water partition coefficient (Wildman–Crippen LogP) is 12.7. The summed E-state index contributed by atoms with van der Waals surface area (Å²) in [6.07, 6.45) is 9.38. The second-order valence-electron chi connectivity index (χ2n) is 14.9. The molecule has 10 rings (SSSR count). The first kappa shape index (κ1) is 33.7. The van der Waals surface area contributed by atoms with Gasteiger partial charge in [-0.1, -0.05) is 189 Å². The van der Waals surface area contributed by atoms with E-state index in [0.29, 0.717) is 5.70 Å². The first-order valence-electron chi connectivity index (χ1n) is 19.6. The van der Waals surface area contributed by atoms with Crippen LogP contribution in [0.4, 0.5) is 11.4 Å². The molecule has 1 atom stereocenters. The van der Waals surface area contributed by atoms with Gasteiger partial charge in [0.25, 0.3) is 0 Å². The number of para-hydroxylation sites is 1. The molecule has 0 radical (unpaired) electrons. The summed E-state index contributed by atoms with van der Waals surface area (Å²) in [6, 6.07) is 64.4. The minimum absolute atomic E-state index is 0.613. The zero-order valence-corrected chi connectivity index (χ0v) is 31.5. The predicted molar refractivity (Wildman–Crippen MR) is 234 cm³/mol. The maximum Gasteiger partial charge on any atom is 0.0740 e. The van der Waals surface area contributed by atoms with Crippen molar-refractivity contribution in [3.8, 4) is 11.1 Å². The summed E-state index contributed by atoms with van der Waals surface area (Å²) < 4.78 is 0. The Morgan fingerprint density at radius 2 is 1.05 bits per heavy atom. The monoisotopic (exact) mass is 718 g/mol. The Morgan fingerprint density at radius 3 is 1.66 bits per heavy atom. The smallest absolute Gasteiger partial charge is 0.0740 e. The van der Waals surface area contributed by atoms with Gasteiger partial charge in [-0.25, -0.2) is 0 Å². The molecule has 0 amide bonds. The lowest BCUT2D eigenvalue weighted by molar-refractivity contribution is 0.630. The molecule has 0 aliphatic heterocycles. The van der Waals surface area contributed by atoms with E-state index in [1.807, 2.05) is 24.3 Å². The van der Waals surface area contributed by atoms with Crippen LogP contribution in [0, 0.1) is 0 Å². The molecule has 56 heavy (non-hydrogen) atoms. The van der Waals surface area contributed by atoms with Crippen molar-refractivity contribution < 1.29 is 0 Å². The van der Waals surface area contributed by atoms with Crippen LogP contribution in [0.1, 0.15) is 63.4 Å². The van der Waals surface area contributed by atoms with Gasteiger partial charge in [-0.05, 0) is 91.4 Å². The zero-order chi connectivity index (χ0) is 37.9. The number of allylic oxidation sites excluding steroid dienone is 5. The summed E-state index contributed by atoms with van der Waals surface area (Å²) in [5.74, 6) is 0. The molecule has 0 saturated heterocycles. The largest absolute Gasteiger partial charge is 0.397 e. The van der Waals surface area contributed by atoms with Crippen molar-refractivity contribution in [2.45, 2.75) is 24.2 Å². The Balaban J connectivity index is 1.43. The fourth-order valence-corrected chi connectivity index (χ4v) is 10.3. The lowest BCUT2D eigenvalue weighted by Gasteiger charge is -2.50. The van der Waals surface area contributed by atoms with E-state index in [1.54, 1.807) is 0 Å². The van der Waals surface area contributed by atoms with Gasteiger partial charge in [-0.3, -0.25) is 0 Å². The van der Waals surface area contributed by atoms with Gasteiger partial charge in [0.1, 0.15) is 0 Å². The summed E-state index contributed by atoms with van der Waals surface area (Å²) in [7, 11) is 0. The first-order chi connectivity index (χ1) is 27.6. The molecular weight excluding hydrogens is 677 g/mol. The van der Waals surface area contributed by atoms with E-state index in [-0.39, 0.29) is 0 Å². The Labute approximate surface area is 329 Å². The van der Waals surface area contributed by atoms with Crippen LogP contribution in [-0.4, -0.2) is 0 Å². The number of anilines is 2. The van der Waals surface area contributed by atoms with Crippen molar-refractivity contribution in [2.24, 2.45) is 5.73 Å². The minimum atomic E-state index is -0.652. The molecule has 7 aromatic rings. The van der Waals surface area contributed by atoms with Gasteiger partial charge in [-0.15, -0.1) is 0 Å². The van der Waals surface area contributed by atoms with Crippen LogP contribution >= 0.6 is 0 Å². The van der Waals surface area contributed by atoms with Crippen LogP contribution in [0.5, 0.6) is 0 Å². The van der Waals surface area contributed by atoms with Crippen LogP contribution in [-0.2, 0) is 10.8 Å². The lowest BCUT2D eigenvalue weighted by atomic mass is 9.51. The average Bonchev–Trinajstić information content (AvgIpc) is 3.72. The summed E-state index contributed by atoms with van der Waals surface area (Å²) >= 11 is 0. The third-order valence-corrected chi connectivity index (χ3v) is 12.3. The molecule has 0 saturated carbocycles. The Morgan fingerprint density at radius 1 is 0.554 bits per heavy atom. The number of hydrogen-bond acceptors (Lipinski definition) is 2. The Bertz CT molecular complexity index is 2720. The molecule has 0 heterocycles. The van der Waals surface area contributed by atoms with E-state index in [2.05, 4.69) is 194 Å². The maximum absolute atomic E-state index is 7.11. The lowest BCUT2D eigenvalue weighted by Crippen LogP contribution is -2.45. The van der Waals surface area contributed by atoms with Gasteiger partial charge in [0.15, 0.2) is 0 Å². The van der Waals surface area contributed by atoms with Gasteiger partial charge >= 0.3 is 0 Å². The molecule has 0 bridgehead atoms. The van der Waals surface area contributed by atoms with Crippen LogP contribution in [0.25, 0.3) is 22.4 Å². The number of nitrogens with zero attached hydrogens (tertiary/aromatic N) is 1. The van der Waals surface area contributed by atoms with Crippen molar-refractivity contribution >= 4 is 22.6 Å². The molecule has 7 aromatic carbocycles. The molecule has 2 spiro atoms. The number of hydrogen-bond donors (Lipinski definition) is 1. The van der Waals surface area contributed by atoms with Crippen molar-refractivity contribution in [2.75, 3.05) is 4.90 Å². The van der Waals surface area contributed by atoms with Crippen molar-refractivity contribution in [3.63, 3.8) is 0 Å². The van der Waals surface area contributed by atoms with Gasteiger partial charge in [-0.2, -0.15) is 0 Å². The second kappa shape index (κ2) is 13.1. The molecule has 268 valence electrons. The first-order valence-corrected chi connectivity index (χ1v) is 19.6. The van der Waals surface area contributed by atoms with E-state index >= 15 is 0 Å². The van der Waals surface area contributed by atoms with Crippen molar-refractivity contribution in [1.29, 1.82) is 0 Å². The van der Waals surface area contributed by atoms with E-state index in [4.69, 9.17) is 5.73 Å². The van der Waals surface area contributed by atoms with Crippen LogP contribution in [0.3, 0.4) is 0 Å². The fraction of sp³-hybridized carbons (Fsp3) is 0.0741. The topological polar surface area (TPSA) is 29.3 Å². The SMILES string of the molecule is C=C/C=C\C1=C(CC)c2ccccc2C12c1ccccc1C1(c3ccccc3-c3ccccc31)c1c(N(/C=C(\N)c3ccccc3)c3ccccc3)cccc12.